The first-order chi connectivity index (χ1) is 10.2. The fourth-order valence-electron chi connectivity index (χ4n) is 2.23. The molecule has 0 bridgehead atoms. The van der Waals surface area contributed by atoms with Gasteiger partial charge in [-0.15, -0.1) is 0 Å². The maximum absolute atomic E-state index is 11.4. The van der Waals surface area contributed by atoms with Gasteiger partial charge >= 0.3 is 5.97 Å². The van der Waals surface area contributed by atoms with E-state index in [0.717, 1.165) is 16.9 Å². The molecule has 0 amide bonds. The first-order valence-electron chi connectivity index (χ1n) is 7.14. The lowest BCUT2D eigenvalue weighted by Crippen LogP contribution is -2.13. The minimum atomic E-state index is -0.779. The fraction of sp³-hybridized carbons (Fsp3) is 0.278. The van der Waals surface area contributed by atoms with Gasteiger partial charge in [0.15, 0.2) is 0 Å². The lowest BCUT2D eigenvalue weighted by molar-refractivity contribution is -0.139. The summed E-state index contributed by atoms with van der Waals surface area (Å²) in [5.41, 5.74) is 1.99. The number of carbonyl (C=O) groups is 1. The van der Waals surface area contributed by atoms with Gasteiger partial charge in [-0.3, -0.25) is 4.79 Å². The topological polar surface area (TPSA) is 46.5 Å². The summed E-state index contributed by atoms with van der Waals surface area (Å²) in [6, 6.07) is 17.3. The molecule has 0 saturated heterocycles. The summed E-state index contributed by atoms with van der Waals surface area (Å²) in [6.07, 6.45) is 1.28. The molecule has 1 N–H and O–H groups in total. The Morgan fingerprint density at radius 1 is 1.10 bits per heavy atom. The zero-order valence-corrected chi connectivity index (χ0v) is 12.2. The second-order valence-corrected chi connectivity index (χ2v) is 5.11. The van der Waals surface area contributed by atoms with Crippen molar-refractivity contribution < 1.29 is 14.6 Å². The van der Waals surface area contributed by atoms with E-state index in [9.17, 15) is 9.90 Å². The van der Waals surface area contributed by atoms with Crippen LogP contribution in [0.15, 0.2) is 54.6 Å². The SMILES string of the molecule is Cc1ccc(C(CCCOc2ccccc2)C(=O)O)cc1. The predicted octanol–water partition coefficient (Wildman–Crippen LogP) is 4.02. The minimum Gasteiger partial charge on any atom is -0.494 e. The van der Waals surface area contributed by atoms with Gasteiger partial charge in [-0.25, -0.2) is 0 Å². The van der Waals surface area contributed by atoms with E-state index < -0.39 is 11.9 Å². The molecule has 0 aliphatic heterocycles. The zero-order chi connectivity index (χ0) is 15.1. The van der Waals surface area contributed by atoms with Crippen LogP contribution in [0, 0.1) is 6.92 Å². The van der Waals surface area contributed by atoms with E-state index >= 15 is 0 Å². The Morgan fingerprint density at radius 2 is 1.76 bits per heavy atom. The van der Waals surface area contributed by atoms with Crippen LogP contribution in [-0.2, 0) is 4.79 Å². The largest absolute Gasteiger partial charge is 0.494 e. The zero-order valence-electron chi connectivity index (χ0n) is 12.2. The number of aryl methyl sites for hydroxylation is 1. The molecule has 1 unspecified atom stereocenters. The average Bonchev–Trinajstić information content (AvgIpc) is 2.49. The van der Waals surface area contributed by atoms with Crippen LogP contribution in [0.2, 0.25) is 0 Å². The van der Waals surface area contributed by atoms with Gasteiger partial charge in [0.1, 0.15) is 5.75 Å². The first kappa shape index (κ1) is 15.1. The van der Waals surface area contributed by atoms with Crippen molar-refractivity contribution in [1.29, 1.82) is 0 Å². The van der Waals surface area contributed by atoms with E-state index in [0.29, 0.717) is 19.4 Å². The Bertz CT molecular complexity index is 561. The monoisotopic (exact) mass is 284 g/mol. The highest BCUT2D eigenvalue weighted by molar-refractivity contribution is 5.76. The maximum atomic E-state index is 11.4. The average molecular weight is 284 g/mol. The van der Waals surface area contributed by atoms with Crippen molar-refractivity contribution in [2.75, 3.05) is 6.61 Å². The van der Waals surface area contributed by atoms with Crippen molar-refractivity contribution in [2.45, 2.75) is 25.7 Å². The quantitative estimate of drug-likeness (QED) is 0.781. The van der Waals surface area contributed by atoms with Crippen LogP contribution in [0.3, 0.4) is 0 Å². The molecule has 3 heteroatoms. The second kappa shape index (κ2) is 7.48. The van der Waals surface area contributed by atoms with Gasteiger partial charge < -0.3 is 9.84 Å². The molecule has 3 nitrogen and oxygen atoms in total. The molecule has 2 aromatic carbocycles. The van der Waals surface area contributed by atoms with Gasteiger partial charge in [-0.05, 0) is 37.5 Å². The third kappa shape index (κ3) is 4.63. The predicted molar refractivity (Wildman–Crippen MR) is 82.7 cm³/mol. The van der Waals surface area contributed by atoms with Gasteiger partial charge in [0.05, 0.1) is 12.5 Å². The number of benzene rings is 2. The summed E-state index contributed by atoms with van der Waals surface area (Å²) in [4.78, 5) is 11.4. The highest BCUT2D eigenvalue weighted by Crippen LogP contribution is 2.22. The highest BCUT2D eigenvalue weighted by atomic mass is 16.5. The summed E-state index contributed by atoms with van der Waals surface area (Å²) in [6.45, 7) is 2.52. The fourth-order valence-corrected chi connectivity index (χ4v) is 2.23. The third-order valence-corrected chi connectivity index (χ3v) is 3.43. The minimum absolute atomic E-state index is 0.468. The number of aliphatic carboxylic acids is 1. The van der Waals surface area contributed by atoms with Crippen LogP contribution >= 0.6 is 0 Å². The van der Waals surface area contributed by atoms with Gasteiger partial charge in [-0.1, -0.05) is 48.0 Å². The van der Waals surface area contributed by atoms with Gasteiger partial charge in [0, 0.05) is 0 Å². The molecule has 21 heavy (non-hydrogen) atoms. The number of hydrogen-bond acceptors (Lipinski definition) is 2. The normalized spacial score (nSPS) is 11.9. The maximum Gasteiger partial charge on any atom is 0.310 e. The van der Waals surface area contributed by atoms with Crippen molar-refractivity contribution >= 4 is 5.97 Å². The number of carboxylic acids is 1. The molecule has 0 aliphatic carbocycles. The van der Waals surface area contributed by atoms with Crippen molar-refractivity contribution in [3.05, 3.63) is 65.7 Å². The van der Waals surface area contributed by atoms with Crippen molar-refractivity contribution in [3.63, 3.8) is 0 Å². The molecule has 0 saturated carbocycles. The van der Waals surface area contributed by atoms with Crippen LogP contribution in [-0.4, -0.2) is 17.7 Å². The lowest BCUT2D eigenvalue weighted by Gasteiger charge is -2.13. The Labute approximate surface area is 125 Å². The number of hydrogen-bond donors (Lipinski definition) is 1. The lowest BCUT2D eigenvalue weighted by atomic mass is 9.94. The first-order valence-corrected chi connectivity index (χ1v) is 7.14. The number of ether oxygens (including phenoxy) is 1. The molecule has 0 fully saturated rings. The molecule has 0 radical (unpaired) electrons. The van der Waals surface area contributed by atoms with E-state index in [2.05, 4.69) is 0 Å². The Kier molecular flexibility index (Phi) is 5.38. The molecule has 0 aliphatic rings. The van der Waals surface area contributed by atoms with E-state index in [1.165, 1.54) is 0 Å². The second-order valence-electron chi connectivity index (χ2n) is 5.11. The molecule has 2 aromatic rings. The number of carboxylic acid groups (broad SMARTS) is 1. The molecular formula is C18H20O3. The summed E-state index contributed by atoms with van der Waals surface area (Å²) >= 11 is 0. The van der Waals surface area contributed by atoms with Crippen LogP contribution in [0.1, 0.15) is 29.9 Å². The molecule has 110 valence electrons. The van der Waals surface area contributed by atoms with Crippen LogP contribution < -0.4 is 4.74 Å². The third-order valence-electron chi connectivity index (χ3n) is 3.43. The van der Waals surface area contributed by atoms with Gasteiger partial charge in [0.2, 0.25) is 0 Å². The van der Waals surface area contributed by atoms with Gasteiger partial charge in [-0.2, -0.15) is 0 Å². The van der Waals surface area contributed by atoms with E-state index in [1.807, 2.05) is 61.5 Å². The molecule has 0 aromatic heterocycles. The smallest absolute Gasteiger partial charge is 0.310 e. The van der Waals surface area contributed by atoms with E-state index in [4.69, 9.17) is 4.74 Å². The molecule has 0 spiro atoms. The Morgan fingerprint density at radius 3 is 2.38 bits per heavy atom. The molecule has 2 rings (SSSR count). The highest BCUT2D eigenvalue weighted by Gasteiger charge is 2.19. The molecular weight excluding hydrogens is 264 g/mol. The van der Waals surface area contributed by atoms with Crippen LogP contribution in [0.4, 0.5) is 0 Å². The standard InChI is InChI=1S/C18H20O3/c1-14-9-11-15(12-10-14)17(18(19)20)8-5-13-21-16-6-3-2-4-7-16/h2-4,6-7,9-12,17H,5,8,13H2,1H3,(H,19,20). The summed E-state index contributed by atoms with van der Waals surface area (Å²) in [5.74, 6) is -0.428. The Hall–Kier alpha value is -2.29. The molecule has 1 atom stereocenters. The molecule has 0 heterocycles. The summed E-state index contributed by atoms with van der Waals surface area (Å²) in [7, 11) is 0. The van der Waals surface area contributed by atoms with E-state index in [-0.39, 0.29) is 0 Å². The van der Waals surface area contributed by atoms with Crippen molar-refractivity contribution in [2.24, 2.45) is 0 Å². The van der Waals surface area contributed by atoms with Crippen LogP contribution in [0.5, 0.6) is 5.75 Å². The van der Waals surface area contributed by atoms with E-state index in [1.54, 1.807) is 0 Å². The van der Waals surface area contributed by atoms with Crippen molar-refractivity contribution in [3.8, 4) is 5.75 Å². The summed E-state index contributed by atoms with van der Waals surface area (Å²) < 4.78 is 5.60. The summed E-state index contributed by atoms with van der Waals surface area (Å²) in [5, 5.41) is 9.37. The number of rotatable bonds is 7. The Balaban J connectivity index is 1.86. The number of para-hydroxylation sites is 1. The van der Waals surface area contributed by atoms with Gasteiger partial charge in [0.25, 0.3) is 0 Å². The van der Waals surface area contributed by atoms with Crippen molar-refractivity contribution in [1.82, 2.24) is 0 Å². The van der Waals surface area contributed by atoms with Crippen LogP contribution in [0.25, 0.3) is 0 Å².